The zero-order valence-electron chi connectivity index (χ0n) is 15.1. The lowest BCUT2D eigenvalue weighted by atomic mass is 9.89. The Hall–Kier alpha value is -2.47. The number of rotatable bonds is 5. The van der Waals surface area contributed by atoms with Crippen LogP contribution in [0.1, 0.15) is 23.5 Å². The molecule has 0 spiro atoms. The summed E-state index contributed by atoms with van der Waals surface area (Å²) in [5.41, 5.74) is 2.55. The van der Waals surface area contributed by atoms with Crippen molar-refractivity contribution in [3.8, 4) is 5.75 Å². The molecule has 2 aromatic rings. The number of carbonyl (C=O) groups excluding carboxylic acids is 2. The van der Waals surface area contributed by atoms with Crippen LogP contribution >= 0.6 is 11.8 Å². The summed E-state index contributed by atoms with van der Waals surface area (Å²) in [6.45, 7) is 0.505. The maximum absolute atomic E-state index is 13.1. The summed E-state index contributed by atoms with van der Waals surface area (Å²) in [6, 6.07) is 13.5. The Balaban J connectivity index is 1.83. The molecule has 2 amide bonds. The minimum atomic E-state index is -0.498. The van der Waals surface area contributed by atoms with Gasteiger partial charge in [0.1, 0.15) is 5.75 Å². The van der Waals surface area contributed by atoms with E-state index < -0.39 is 5.92 Å². The molecule has 1 aliphatic rings. The van der Waals surface area contributed by atoms with E-state index >= 15 is 0 Å². The zero-order chi connectivity index (χ0) is 18.7. The van der Waals surface area contributed by atoms with Gasteiger partial charge in [-0.3, -0.25) is 9.59 Å². The highest BCUT2D eigenvalue weighted by Gasteiger charge is 2.32. The van der Waals surface area contributed by atoms with Crippen LogP contribution in [-0.2, 0) is 16.1 Å². The third kappa shape index (κ3) is 3.85. The van der Waals surface area contributed by atoms with E-state index in [-0.39, 0.29) is 18.2 Å². The summed E-state index contributed by atoms with van der Waals surface area (Å²) < 4.78 is 5.28. The molecule has 2 aromatic carbocycles. The molecular formula is C20H22N2O3S. The topological polar surface area (TPSA) is 58.6 Å². The third-order valence-corrected chi connectivity index (χ3v) is 5.25. The number of hydrogen-bond donors (Lipinski definition) is 1. The molecule has 0 saturated heterocycles. The van der Waals surface area contributed by atoms with E-state index in [1.807, 2.05) is 30.5 Å². The molecular weight excluding hydrogens is 348 g/mol. The molecule has 1 aliphatic heterocycles. The summed E-state index contributed by atoms with van der Waals surface area (Å²) in [5, 5.41) is 2.83. The van der Waals surface area contributed by atoms with Crippen LogP contribution in [0.4, 0.5) is 5.69 Å². The lowest BCUT2D eigenvalue weighted by molar-refractivity contribution is -0.134. The van der Waals surface area contributed by atoms with Gasteiger partial charge in [-0.05, 0) is 47.7 Å². The molecule has 3 rings (SSSR count). The fourth-order valence-electron chi connectivity index (χ4n) is 3.18. The van der Waals surface area contributed by atoms with Crippen molar-refractivity contribution in [2.75, 3.05) is 25.7 Å². The molecule has 0 radical (unpaired) electrons. The van der Waals surface area contributed by atoms with Gasteiger partial charge >= 0.3 is 0 Å². The molecule has 0 aliphatic carbocycles. The first-order valence-corrected chi connectivity index (χ1v) is 9.60. The van der Waals surface area contributed by atoms with E-state index in [9.17, 15) is 9.59 Å². The number of methoxy groups -OCH3 is 1. The Kier molecular flexibility index (Phi) is 5.52. The lowest BCUT2D eigenvalue weighted by Gasteiger charge is -2.29. The van der Waals surface area contributed by atoms with Crippen LogP contribution in [0.5, 0.6) is 5.75 Å². The molecule has 136 valence electrons. The number of benzene rings is 2. The van der Waals surface area contributed by atoms with Crippen LogP contribution in [0.3, 0.4) is 0 Å². The van der Waals surface area contributed by atoms with Gasteiger partial charge in [0, 0.05) is 30.6 Å². The van der Waals surface area contributed by atoms with Crippen molar-refractivity contribution < 1.29 is 14.3 Å². The maximum atomic E-state index is 13.1. The second-order valence-corrected chi connectivity index (χ2v) is 7.18. The highest BCUT2D eigenvalue weighted by Crippen LogP contribution is 2.36. The zero-order valence-corrected chi connectivity index (χ0v) is 15.9. The lowest BCUT2D eigenvalue weighted by Crippen LogP contribution is -2.36. The fourth-order valence-corrected chi connectivity index (χ4v) is 3.66. The highest BCUT2D eigenvalue weighted by molar-refractivity contribution is 7.98. The fraction of sp³-hybridized carbons (Fsp3) is 0.300. The number of hydrogen-bond acceptors (Lipinski definition) is 4. The second-order valence-electron chi connectivity index (χ2n) is 6.30. The minimum Gasteiger partial charge on any atom is -0.497 e. The van der Waals surface area contributed by atoms with E-state index in [4.69, 9.17) is 4.74 Å². The van der Waals surface area contributed by atoms with Gasteiger partial charge in [-0.25, -0.2) is 0 Å². The van der Waals surface area contributed by atoms with Gasteiger partial charge in [-0.15, -0.1) is 11.8 Å². The Morgan fingerprint density at radius 3 is 2.85 bits per heavy atom. The van der Waals surface area contributed by atoms with Crippen molar-refractivity contribution in [1.29, 1.82) is 0 Å². The maximum Gasteiger partial charge on any atom is 0.230 e. The number of ether oxygens (including phenoxy) is 1. The number of nitrogens with one attached hydrogen (secondary N) is 1. The molecule has 5 nitrogen and oxygen atoms in total. The van der Waals surface area contributed by atoms with Crippen molar-refractivity contribution in [1.82, 2.24) is 4.90 Å². The SMILES string of the molecule is COc1ccc2c(c1)[C@H](C(=O)N(C)Cc1cccc(SC)c1)CC(=O)N2. The average Bonchev–Trinajstić information content (AvgIpc) is 2.66. The summed E-state index contributed by atoms with van der Waals surface area (Å²) >= 11 is 1.67. The number of amides is 2. The largest absolute Gasteiger partial charge is 0.497 e. The van der Waals surface area contributed by atoms with E-state index in [0.29, 0.717) is 18.0 Å². The first kappa shape index (κ1) is 18.3. The van der Waals surface area contributed by atoms with E-state index in [0.717, 1.165) is 16.0 Å². The van der Waals surface area contributed by atoms with Crippen LogP contribution in [0.2, 0.25) is 0 Å². The Bertz CT molecular complexity index is 838. The van der Waals surface area contributed by atoms with Crippen molar-refractivity contribution in [2.45, 2.75) is 23.8 Å². The summed E-state index contributed by atoms with van der Waals surface area (Å²) in [7, 11) is 3.37. The van der Waals surface area contributed by atoms with Gasteiger partial charge in [0.15, 0.2) is 0 Å². The Labute approximate surface area is 157 Å². The van der Waals surface area contributed by atoms with Gasteiger partial charge in [-0.1, -0.05) is 12.1 Å². The predicted molar refractivity (Wildman–Crippen MR) is 104 cm³/mol. The number of carbonyl (C=O) groups is 2. The molecule has 0 fully saturated rings. The van der Waals surface area contributed by atoms with Crippen molar-refractivity contribution in [2.24, 2.45) is 0 Å². The third-order valence-electron chi connectivity index (χ3n) is 4.53. The van der Waals surface area contributed by atoms with Gasteiger partial charge in [0.05, 0.1) is 13.0 Å². The van der Waals surface area contributed by atoms with Gasteiger partial charge in [-0.2, -0.15) is 0 Å². The van der Waals surface area contributed by atoms with Crippen LogP contribution in [0, 0.1) is 0 Å². The van der Waals surface area contributed by atoms with Crippen molar-refractivity contribution >= 4 is 29.3 Å². The van der Waals surface area contributed by atoms with Gasteiger partial charge in [0.25, 0.3) is 0 Å². The van der Waals surface area contributed by atoms with E-state index in [1.54, 1.807) is 43.0 Å². The van der Waals surface area contributed by atoms with Crippen molar-refractivity contribution in [3.05, 3.63) is 53.6 Å². The number of fused-ring (bicyclic) bond motifs is 1. The highest BCUT2D eigenvalue weighted by atomic mass is 32.2. The number of likely N-dealkylation sites (N-methyl/N-ethyl adjacent to an activating group) is 1. The molecule has 6 heteroatoms. The predicted octanol–water partition coefficient (Wildman–Crippen LogP) is 3.50. The quantitative estimate of drug-likeness (QED) is 0.819. The van der Waals surface area contributed by atoms with Crippen LogP contribution in [0.15, 0.2) is 47.4 Å². The Morgan fingerprint density at radius 2 is 2.12 bits per heavy atom. The Morgan fingerprint density at radius 1 is 1.31 bits per heavy atom. The van der Waals surface area contributed by atoms with Crippen LogP contribution in [0.25, 0.3) is 0 Å². The number of thioether (sulfide) groups is 1. The normalized spacial score (nSPS) is 15.8. The molecule has 0 saturated carbocycles. The molecule has 1 N–H and O–H groups in total. The first-order valence-electron chi connectivity index (χ1n) is 8.37. The summed E-state index contributed by atoms with van der Waals surface area (Å²) in [6.07, 6.45) is 2.17. The monoisotopic (exact) mass is 370 g/mol. The second kappa shape index (κ2) is 7.83. The summed E-state index contributed by atoms with van der Waals surface area (Å²) in [4.78, 5) is 28.0. The van der Waals surface area contributed by atoms with Crippen molar-refractivity contribution in [3.63, 3.8) is 0 Å². The minimum absolute atomic E-state index is 0.0658. The average molecular weight is 370 g/mol. The molecule has 26 heavy (non-hydrogen) atoms. The van der Waals surface area contributed by atoms with Gasteiger partial charge in [0.2, 0.25) is 11.8 Å². The molecule has 1 heterocycles. The van der Waals surface area contributed by atoms with E-state index in [2.05, 4.69) is 11.4 Å². The van der Waals surface area contributed by atoms with Gasteiger partial charge < -0.3 is 15.0 Å². The smallest absolute Gasteiger partial charge is 0.230 e. The molecule has 0 bridgehead atoms. The number of anilines is 1. The number of nitrogens with zero attached hydrogens (tertiary/aromatic N) is 1. The first-order chi connectivity index (χ1) is 12.5. The standard InChI is InChI=1S/C20H22N2O3S/c1-22(12-13-5-4-6-15(9-13)26-3)20(24)17-11-19(23)21-18-8-7-14(25-2)10-16(17)18/h4-10,17H,11-12H2,1-3H3,(H,21,23)/t17-/m1/s1. The molecule has 0 unspecified atom stereocenters. The van der Waals surface area contributed by atoms with Crippen LogP contribution in [-0.4, -0.2) is 37.1 Å². The summed E-state index contributed by atoms with van der Waals surface area (Å²) in [5.74, 6) is -0.0293. The molecule has 1 atom stereocenters. The van der Waals surface area contributed by atoms with E-state index in [1.165, 1.54) is 0 Å². The molecule has 0 aromatic heterocycles. The van der Waals surface area contributed by atoms with Crippen LogP contribution < -0.4 is 10.1 Å².